The number of aliphatic hydroxyl groups excluding tert-OH is 1. The first-order valence-electron chi connectivity index (χ1n) is 8.37. The number of hydrogen-bond acceptors (Lipinski definition) is 4. The fourth-order valence-electron chi connectivity index (χ4n) is 2.08. The van der Waals surface area contributed by atoms with Crippen molar-refractivity contribution in [1.29, 1.82) is 0 Å². The van der Waals surface area contributed by atoms with E-state index in [2.05, 4.69) is 24.5 Å². The fourth-order valence-corrected chi connectivity index (χ4v) is 2.08. The molecule has 0 aromatic rings. The Morgan fingerprint density at radius 3 is 2.62 bits per heavy atom. The van der Waals surface area contributed by atoms with Gasteiger partial charge in [-0.05, 0) is 19.3 Å². The lowest BCUT2D eigenvalue weighted by atomic mass is 10.0. The zero-order valence-corrected chi connectivity index (χ0v) is 14.0. The van der Waals surface area contributed by atoms with Crippen LogP contribution in [-0.2, 0) is 9.53 Å². The van der Waals surface area contributed by atoms with Gasteiger partial charge >= 0.3 is 0 Å². The van der Waals surface area contributed by atoms with Crippen molar-refractivity contribution in [2.45, 2.75) is 59.0 Å². The van der Waals surface area contributed by atoms with Crippen molar-refractivity contribution in [2.75, 3.05) is 32.8 Å². The molecule has 0 aromatic heterocycles. The summed E-state index contributed by atoms with van der Waals surface area (Å²) in [5, 5.41) is 15.6. The van der Waals surface area contributed by atoms with Gasteiger partial charge in [-0.15, -0.1) is 0 Å². The molecule has 0 heterocycles. The van der Waals surface area contributed by atoms with Crippen LogP contribution in [0.25, 0.3) is 0 Å². The van der Waals surface area contributed by atoms with E-state index in [4.69, 9.17) is 4.74 Å². The number of hydrogen-bond donors (Lipinski definition) is 3. The van der Waals surface area contributed by atoms with Crippen LogP contribution in [0.15, 0.2) is 0 Å². The number of aliphatic hydroxyl groups is 1. The molecule has 21 heavy (non-hydrogen) atoms. The molecular weight excluding hydrogens is 268 g/mol. The minimum atomic E-state index is -0.511. The molecule has 1 amide bonds. The first kappa shape index (κ1) is 20.3. The molecule has 0 fully saturated rings. The Morgan fingerprint density at radius 1 is 1.24 bits per heavy atom. The lowest BCUT2D eigenvalue weighted by Crippen LogP contribution is -2.34. The van der Waals surface area contributed by atoms with E-state index in [0.29, 0.717) is 38.6 Å². The van der Waals surface area contributed by atoms with Crippen LogP contribution in [0.4, 0.5) is 0 Å². The van der Waals surface area contributed by atoms with Crippen molar-refractivity contribution >= 4 is 5.91 Å². The molecular formula is C16H34N2O3. The summed E-state index contributed by atoms with van der Waals surface area (Å²) in [5.41, 5.74) is 0. The molecule has 0 saturated carbocycles. The minimum Gasteiger partial charge on any atom is -0.389 e. The van der Waals surface area contributed by atoms with Crippen molar-refractivity contribution in [3.8, 4) is 0 Å². The molecule has 0 aliphatic carbocycles. The first-order valence-corrected chi connectivity index (χ1v) is 8.37. The predicted molar refractivity (Wildman–Crippen MR) is 86.3 cm³/mol. The number of carbonyl (C=O) groups excluding carboxylic acids is 1. The van der Waals surface area contributed by atoms with E-state index in [9.17, 15) is 9.90 Å². The van der Waals surface area contributed by atoms with Crippen molar-refractivity contribution in [1.82, 2.24) is 10.6 Å². The molecule has 0 bridgehead atoms. The highest BCUT2D eigenvalue weighted by atomic mass is 16.5. The second kappa shape index (κ2) is 14.3. The molecule has 2 atom stereocenters. The Hall–Kier alpha value is -0.650. The van der Waals surface area contributed by atoms with Gasteiger partial charge in [0.15, 0.2) is 0 Å². The van der Waals surface area contributed by atoms with Crippen LogP contribution < -0.4 is 10.6 Å². The Kier molecular flexibility index (Phi) is 13.9. The third-order valence-electron chi connectivity index (χ3n) is 3.49. The molecule has 0 aromatic carbocycles. The van der Waals surface area contributed by atoms with Gasteiger partial charge in [0, 0.05) is 32.7 Å². The number of nitrogens with one attached hydrogen (secondary N) is 2. The summed E-state index contributed by atoms with van der Waals surface area (Å²) in [6.07, 6.45) is 4.72. The quantitative estimate of drug-likeness (QED) is 0.427. The Labute approximate surface area is 129 Å². The summed E-state index contributed by atoms with van der Waals surface area (Å²) in [7, 11) is 0. The van der Waals surface area contributed by atoms with Gasteiger partial charge in [0.1, 0.15) is 0 Å². The average molecular weight is 302 g/mol. The molecule has 0 aliphatic heterocycles. The predicted octanol–water partition coefficient (Wildman–Crippen LogP) is 1.70. The van der Waals surface area contributed by atoms with Crippen molar-refractivity contribution < 1.29 is 14.6 Å². The van der Waals surface area contributed by atoms with Crippen LogP contribution in [-0.4, -0.2) is 50.0 Å². The van der Waals surface area contributed by atoms with E-state index in [1.54, 1.807) is 0 Å². The van der Waals surface area contributed by atoms with E-state index < -0.39 is 6.10 Å². The summed E-state index contributed by atoms with van der Waals surface area (Å²) in [5.74, 6) is 0.639. The van der Waals surface area contributed by atoms with Gasteiger partial charge in [0.05, 0.1) is 12.7 Å². The van der Waals surface area contributed by atoms with Crippen LogP contribution in [0, 0.1) is 5.92 Å². The zero-order chi connectivity index (χ0) is 15.9. The number of unbranched alkanes of at least 4 members (excludes halogenated alkanes) is 1. The molecule has 0 aliphatic rings. The van der Waals surface area contributed by atoms with Gasteiger partial charge in [0.25, 0.3) is 0 Å². The Bertz CT molecular complexity index is 250. The second-order valence-corrected chi connectivity index (χ2v) is 5.52. The SMILES string of the molecule is CCCCC(CC)COCC(O)CNCCC(=O)NCC. The smallest absolute Gasteiger partial charge is 0.221 e. The van der Waals surface area contributed by atoms with Crippen LogP contribution >= 0.6 is 0 Å². The van der Waals surface area contributed by atoms with Crippen molar-refractivity contribution in [3.05, 3.63) is 0 Å². The maximum atomic E-state index is 11.2. The topological polar surface area (TPSA) is 70.6 Å². The third-order valence-corrected chi connectivity index (χ3v) is 3.49. The van der Waals surface area contributed by atoms with E-state index in [1.807, 2.05) is 6.92 Å². The lowest BCUT2D eigenvalue weighted by molar-refractivity contribution is -0.120. The normalized spacial score (nSPS) is 13.9. The van der Waals surface area contributed by atoms with Gasteiger partial charge in [-0.25, -0.2) is 0 Å². The standard InChI is InChI=1S/C16H34N2O3/c1-4-7-8-14(5-2)12-21-13-15(19)11-17-10-9-16(20)18-6-3/h14-15,17,19H,4-13H2,1-3H3,(H,18,20). The molecule has 126 valence electrons. The van der Waals surface area contributed by atoms with Gasteiger partial charge in [-0.3, -0.25) is 4.79 Å². The minimum absolute atomic E-state index is 0.0393. The molecule has 5 nitrogen and oxygen atoms in total. The van der Waals surface area contributed by atoms with Crippen LogP contribution in [0.5, 0.6) is 0 Å². The summed E-state index contributed by atoms with van der Waals surface area (Å²) in [4.78, 5) is 11.2. The van der Waals surface area contributed by atoms with Crippen LogP contribution in [0.2, 0.25) is 0 Å². The highest BCUT2D eigenvalue weighted by molar-refractivity contribution is 5.75. The fraction of sp³-hybridized carbons (Fsp3) is 0.938. The summed E-state index contributed by atoms with van der Waals surface area (Å²) < 4.78 is 5.59. The second-order valence-electron chi connectivity index (χ2n) is 5.52. The van der Waals surface area contributed by atoms with Gasteiger partial charge in [-0.1, -0.05) is 33.1 Å². The largest absolute Gasteiger partial charge is 0.389 e. The summed E-state index contributed by atoms with van der Waals surface area (Å²) in [6, 6.07) is 0. The number of ether oxygens (including phenoxy) is 1. The summed E-state index contributed by atoms with van der Waals surface area (Å²) >= 11 is 0. The molecule has 3 N–H and O–H groups in total. The molecule has 0 rings (SSSR count). The molecule has 5 heteroatoms. The van der Waals surface area contributed by atoms with Crippen LogP contribution in [0.3, 0.4) is 0 Å². The maximum Gasteiger partial charge on any atom is 0.221 e. The van der Waals surface area contributed by atoms with E-state index >= 15 is 0 Å². The number of rotatable bonds is 14. The van der Waals surface area contributed by atoms with Gasteiger partial charge in [-0.2, -0.15) is 0 Å². The highest BCUT2D eigenvalue weighted by Crippen LogP contribution is 2.12. The maximum absolute atomic E-state index is 11.2. The molecule has 2 unspecified atom stereocenters. The lowest BCUT2D eigenvalue weighted by Gasteiger charge is -2.17. The third kappa shape index (κ3) is 12.8. The number of carbonyl (C=O) groups is 1. The van der Waals surface area contributed by atoms with Crippen molar-refractivity contribution in [2.24, 2.45) is 5.92 Å². The highest BCUT2D eigenvalue weighted by Gasteiger charge is 2.09. The molecule has 0 radical (unpaired) electrons. The van der Waals surface area contributed by atoms with Crippen LogP contribution in [0.1, 0.15) is 52.9 Å². The Balaban J connectivity index is 3.52. The average Bonchev–Trinajstić information content (AvgIpc) is 2.47. The van der Waals surface area contributed by atoms with E-state index in [-0.39, 0.29) is 5.91 Å². The van der Waals surface area contributed by atoms with E-state index in [0.717, 1.165) is 13.0 Å². The van der Waals surface area contributed by atoms with Crippen molar-refractivity contribution in [3.63, 3.8) is 0 Å². The molecule has 0 saturated heterocycles. The molecule has 0 spiro atoms. The first-order chi connectivity index (χ1) is 10.1. The monoisotopic (exact) mass is 302 g/mol. The summed E-state index contributed by atoms with van der Waals surface area (Å²) in [6.45, 7) is 9.07. The van der Waals surface area contributed by atoms with Gasteiger partial charge in [0.2, 0.25) is 5.91 Å². The Morgan fingerprint density at radius 2 is 2.00 bits per heavy atom. The van der Waals surface area contributed by atoms with Gasteiger partial charge < -0.3 is 20.5 Å². The number of amides is 1. The van der Waals surface area contributed by atoms with E-state index in [1.165, 1.54) is 19.3 Å². The zero-order valence-electron chi connectivity index (χ0n) is 14.0.